The zero-order valence-electron chi connectivity index (χ0n) is 19.3. The number of rotatable bonds is 6. The predicted molar refractivity (Wildman–Crippen MR) is 138 cm³/mol. The van der Waals surface area contributed by atoms with Crippen LogP contribution < -0.4 is 10.6 Å². The van der Waals surface area contributed by atoms with Gasteiger partial charge in [0.1, 0.15) is 0 Å². The van der Waals surface area contributed by atoms with E-state index in [1.807, 2.05) is 84.9 Å². The van der Waals surface area contributed by atoms with E-state index in [2.05, 4.69) is 10.6 Å². The summed E-state index contributed by atoms with van der Waals surface area (Å²) in [5, 5.41) is 10.5. The van der Waals surface area contributed by atoms with Crippen LogP contribution in [0.15, 0.2) is 84.9 Å². The molecule has 0 aromatic heterocycles. The van der Waals surface area contributed by atoms with Gasteiger partial charge in [0.25, 0.3) is 11.8 Å². The van der Waals surface area contributed by atoms with E-state index in [9.17, 15) is 9.59 Å². The van der Waals surface area contributed by atoms with Crippen LogP contribution >= 0.6 is 0 Å². The van der Waals surface area contributed by atoms with E-state index >= 15 is 0 Å². The van der Waals surface area contributed by atoms with Crippen molar-refractivity contribution in [1.82, 2.24) is 10.6 Å². The van der Waals surface area contributed by atoms with Crippen LogP contribution in [0.5, 0.6) is 0 Å². The molecular formula is C30H30N2O2. The molecule has 4 aromatic carbocycles. The molecule has 1 aliphatic carbocycles. The SMILES string of the molecule is O=C(NC[C@H]1CCC[C@H](CNC(=O)c2cccc3ccccc23)C1)c1cccc2ccccc12. The van der Waals surface area contributed by atoms with Crippen molar-refractivity contribution in [2.45, 2.75) is 25.7 Å². The van der Waals surface area contributed by atoms with Crippen LogP contribution in [0.25, 0.3) is 21.5 Å². The number of hydrogen-bond acceptors (Lipinski definition) is 2. The maximum atomic E-state index is 12.9. The van der Waals surface area contributed by atoms with E-state index in [0.717, 1.165) is 58.4 Å². The van der Waals surface area contributed by atoms with Crippen LogP contribution in [-0.4, -0.2) is 24.9 Å². The fourth-order valence-electron chi connectivity index (χ4n) is 5.28. The van der Waals surface area contributed by atoms with Crippen molar-refractivity contribution >= 4 is 33.4 Å². The van der Waals surface area contributed by atoms with Gasteiger partial charge in [-0.05, 0) is 64.8 Å². The second-order valence-electron chi connectivity index (χ2n) is 9.37. The minimum atomic E-state index is -0.0109. The Balaban J connectivity index is 1.16. The molecule has 0 saturated heterocycles. The molecule has 34 heavy (non-hydrogen) atoms. The lowest BCUT2D eigenvalue weighted by Crippen LogP contribution is -2.35. The van der Waals surface area contributed by atoms with Crippen molar-refractivity contribution in [2.75, 3.05) is 13.1 Å². The van der Waals surface area contributed by atoms with Gasteiger partial charge in [0.15, 0.2) is 0 Å². The van der Waals surface area contributed by atoms with E-state index in [0.29, 0.717) is 24.9 Å². The summed E-state index contributed by atoms with van der Waals surface area (Å²) >= 11 is 0. The Kier molecular flexibility index (Phi) is 6.57. The number of carbonyl (C=O) groups excluding carboxylic acids is 2. The molecular weight excluding hydrogens is 420 g/mol. The Labute approximate surface area is 200 Å². The number of carbonyl (C=O) groups is 2. The Morgan fingerprint density at radius 1 is 0.618 bits per heavy atom. The highest BCUT2D eigenvalue weighted by Crippen LogP contribution is 2.29. The van der Waals surface area contributed by atoms with Crippen LogP contribution in [0.2, 0.25) is 0 Å². The highest BCUT2D eigenvalue weighted by molar-refractivity contribution is 6.07. The Bertz CT molecular complexity index is 1220. The molecule has 4 nitrogen and oxygen atoms in total. The lowest BCUT2D eigenvalue weighted by atomic mass is 9.81. The van der Waals surface area contributed by atoms with E-state index in [1.54, 1.807) is 0 Å². The highest BCUT2D eigenvalue weighted by atomic mass is 16.2. The average Bonchev–Trinajstić information content (AvgIpc) is 2.90. The molecule has 2 atom stereocenters. The minimum absolute atomic E-state index is 0.0109. The third-order valence-electron chi connectivity index (χ3n) is 7.06. The Morgan fingerprint density at radius 2 is 1.06 bits per heavy atom. The average molecular weight is 451 g/mol. The van der Waals surface area contributed by atoms with Crippen molar-refractivity contribution < 1.29 is 9.59 Å². The van der Waals surface area contributed by atoms with Gasteiger partial charge in [-0.3, -0.25) is 9.59 Å². The molecule has 2 N–H and O–H groups in total. The minimum Gasteiger partial charge on any atom is -0.352 e. The van der Waals surface area contributed by atoms with Gasteiger partial charge in [0, 0.05) is 24.2 Å². The predicted octanol–water partition coefficient (Wildman–Crippen LogP) is 5.96. The fourth-order valence-corrected chi connectivity index (χ4v) is 5.28. The van der Waals surface area contributed by atoms with Gasteiger partial charge >= 0.3 is 0 Å². The first-order chi connectivity index (χ1) is 16.7. The van der Waals surface area contributed by atoms with Crippen molar-refractivity contribution in [2.24, 2.45) is 11.8 Å². The smallest absolute Gasteiger partial charge is 0.251 e. The lowest BCUT2D eigenvalue weighted by Gasteiger charge is -2.29. The normalized spacial score (nSPS) is 18.0. The second-order valence-corrected chi connectivity index (χ2v) is 9.37. The standard InChI is InChI=1S/C30H30N2O2/c33-29(27-16-6-12-23-10-1-3-14-25(23)27)31-19-21-8-5-9-22(18-21)20-32-30(34)28-17-7-13-24-11-2-4-15-26(24)28/h1-4,6-7,10-17,21-22H,5,8-9,18-20H2,(H,31,33)(H,32,34)/t21-,22-/m0/s1. The molecule has 4 heteroatoms. The summed E-state index contributed by atoms with van der Waals surface area (Å²) in [5.74, 6) is 0.852. The summed E-state index contributed by atoms with van der Waals surface area (Å²) in [6.45, 7) is 1.35. The molecule has 0 radical (unpaired) electrons. The van der Waals surface area contributed by atoms with Crippen LogP contribution in [0.1, 0.15) is 46.4 Å². The first-order valence-electron chi connectivity index (χ1n) is 12.2. The summed E-state index contributed by atoms with van der Waals surface area (Å²) in [6.07, 6.45) is 4.38. The molecule has 0 spiro atoms. The van der Waals surface area contributed by atoms with Crippen LogP contribution in [0.4, 0.5) is 0 Å². The summed E-state index contributed by atoms with van der Waals surface area (Å²) < 4.78 is 0. The van der Waals surface area contributed by atoms with Gasteiger partial charge in [-0.1, -0.05) is 79.2 Å². The van der Waals surface area contributed by atoms with E-state index in [1.165, 1.54) is 0 Å². The maximum Gasteiger partial charge on any atom is 0.251 e. The fraction of sp³-hybridized carbons (Fsp3) is 0.267. The second kappa shape index (κ2) is 10.1. The van der Waals surface area contributed by atoms with E-state index in [4.69, 9.17) is 0 Å². The Hall–Kier alpha value is -3.66. The molecule has 5 rings (SSSR count). The molecule has 1 aliphatic rings. The van der Waals surface area contributed by atoms with Gasteiger partial charge in [-0.2, -0.15) is 0 Å². The molecule has 2 amide bonds. The van der Waals surface area contributed by atoms with Crippen LogP contribution in [0, 0.1) is 11.8 Å². The van der Waals surface area contributed by atoms with Gasteiger partial charge in [0.05, 0.1) is 0 Å². The maximum absolute atomic E-state index is 12.9. The van der Waals surface area contributed by atoms with Gasteiger partial charge in [-0.15, -0.1) is 0 Å². The summed E-state index contributed by atoms with van der Waals surface area (Å²) in [4.78, 5) is 25.8. The number of nitrogens with one attached hydrogen (secondary N) is 2. The first-order valence-corrected chi connectivity index (χ1v) is 12.2. The number of amides is 2. The first kappa shape index (κ1) is 22.1. The van der Waals surface area contributed by atoms with Gasteiger partial charge in [-0.25, -0.2) is 0 Å². The monoisotopic (exact) mass is 450 g/mol. The zero-order valence-corrected chi connectivity index (χ0v) is 19.3. The topological polar surface area (TPSA) is 58.2 Å². The van der Waals surface area contributed by atoms with Crippen LogP contribution in [-0.2, 0) is 0 Å². The summed E-state index contributed by atoms with van der Waals surface area (Å²) in [5.41, 5.74) is 1.46. The Morgan fingerprint density at radius 3 is 1.56 bits per heavy atom. The van der Waals surface area contributed by atoms with Crippen molar-refractivity contribution in [3.8, 4) is 0 Å². The number of hydrogen-bond donors (Lipinski definition) is 2. The number of benzene rings is 4. The third-order valence-corrected chi connectivity index (χ3v) is 7.06. The molecule has 0 unspecified atom stereocenters. The van der Waals surface area contributed by atoms with E-state index < -0.39 is 0 Å². The molecule has 4 aromatic rings. The zero-order chi connectivity index (χ0) is 23.3. The summed E-state index contributed by atoms with van der Waals surface area (Å²) in [7, 11) is 0. The lowest BCUT2D eigenvalue weighted by molar-refractivity contribution is 0.0937. The molecule has 0 bridgehead atoms. The molecule has 1 fully saturated rings. The van der Waals surface area contributed by atoms with E-state index in [-0.39, 0.29) is 11.8 Å². The van der Waals surface area contributed by atoms with Crippen molar-refractivity contribution in [3.63, 3.8) is 0 Å². The molecule has 172 valence electrons. The summed E-state index contributed by atoms with van der Waals surface area (Å²) in [6, 6.07) is 27.7. The molecule has 1 saturated carbocycles. The van der Waals surface area contributed by atoms with Crippen molar-refractivity contribution in [3.05, 3.63) is 96.1 Å². The molecule has 0 heterocycles. The van der Waals surface area contributed by atoms with Crippen LogP contribution in [0.3, 0.4) is 0 Å². The third kappa shape index (κ3) is 4.81. The number of fused-ring (bicyclic) bond motifs is 2. The molecule has 0 aliphatic heterocycles. The largest absolute Gasteiger partial charge is 0.352 e. The van der Waals surface area contributed by atoms with Crippen molar-refractivity contribution in [1.29, 1.82) is 0 Å². The van der Waals surface area contributed by atoms with Gasteiger partial charge in [0.2, 0.25) is 0 Å². The quantitative estimate of drug-likeness (QED) is 0.381. The highest BCUT2D eigenvalue weighted by Gasteiger charge is 2.23. The van der Waals surface area contributed by atoms with Gasteiger partial charge < -0.3 is 10.6 Å².